The lowest BCUT2D eigenvalue weighted by molar-refractivity contribution is 0.102. The summed E-state index contributed by atoms with van der Waals surface area (Å²) in [5, 5.41) is 2.54. The van der Waals surface area contributed by atoms with Gasteiger partial charge in [0.25, 0.3) is 5.91 Å². The van der Waals surface area contributed by atoms with E-state index in [4.69, 9.17) is 5.73 Å². The van der Waals surface area contributed by atoms with Crippen molar-refractivity contribution in [1.82, 2.24) is 4.98 Å². The van der Waals surface area contributed by atoms with E-state index < -0.39 is 15.7 Å². The van der Waals surface area contributed by atoms with Crippen LogP contribution in [-0.4, -0.2) is 25.6 Å². The number of hydrogen-bond donors (Lipinski definition) is 2. The van der Waals surface area contributed by atoms with Gasteiger partial charge < -0.3 is 11.1 Å². The van der Waals surface area contributed by atoms with Gasteiger partial charge in [0.2, 0.25) is 0 Å². The van der Waals surface area contributed by atoms with Gasteiger partial charge in [0.1, 0.15) is 0 Å². The molecule has 0 fully saturated rings. The maximum Gasteiger partial charge on any atom is 0.256 e. The molecule has 7 heteroatoms. The van der Waals surface area contributed by atoms with E-state index >= 15 is 0 Å². The second-order valence-electron chi connectivity index (χ2n) is 4.20. The number of amides is 1. The number of nitrogens with one attached hydrogen (secondary N) is 1. The van der Waals surface area contributed by atoms with Gasteiger partial charge in [-0.25, -0.2) is 13.4 Å². The maximum atomic E-state index is 12.0. The highest BCUT2D eigenvalue weighted by atomic mass is 32.2. The van der Waals surface area contributed by atoms with Crippen LogP contribution in [0.3, 0.4) is 0 Å². The molecule has 0 saturated carbocycles. The van der Waals surface area contributed by atoms with Crippen LogP contribution in [0, 0.1) is 0 Å². The van der Waals surface area contributed by atoms with Gasteiger partial charge in [0.15, 0.2) is 15.7 Å². The van der Waals surface area contributed by atoms with Gasteiger partial charge in [0, 0.05) is 18.0 Å². The van der Waals surface area contributed by atoms with Crippen molar-refractivity contribution in [2.75, 3.05) is 17.3 Å². The molecule has 0 aliphatic carbocycles. The number of hydrogen-bond acceptors (Lipinski definition) is 5. The zero-order valence-electron chi connectivity index (χ0n) is 10.7. The number of nitrogens with zero attached hydrogens (tertiary/aromatic N) is 1. The first-order chi connectivity index (χ1) is 9.38. The number of rotatable bonds is 3. The normalized spacial score (nSPS) is 11.1. The molecule has 0 saturated heterocycles. The second kappa shape index (κ2) is 5.30. The van der Waals surface area contributed by atoms with Crippen LogP contribution in [0.5, 0.6) is 0 Å². The van der Waals surface area contributed by atoms with E-state index in [9.17, 15) is 13.2 Å². The fraction of sp³-hybridized carbons (Fsp3) is 0.0769. The molecule has 0 atom stereocenters. The molecule has 2 aromatic rings. The Kier molecular flexibility index (Phi) is 3.71. The van der Waals surface area contributed by atoms with E-state index in [0.29, 0.717) is 5.69 Å². The molecule has 1 heterocycles. The minimum Gasteiger partial charge on any atom is -0.396 e. The number of nitrogens with two attached hydrogens (primary N) is 1. The zero-order valence-corrected chi connectivity index (χ0v) is 11.5. The summed E-state index contributed by atoms with van der Waals surface area (Å²) < 4.78 is 22.9. The molecule has 2 rings (SSSR count). The van der Waals surface area contributed by atoms with Crippen LogP contribution in [0.1, 0.15) is 10.4 Å². The zero-order chi connectivity index (χ0) is 14.8. The van der Waals surface area contributed by atoms with Gasteiger partial charge in [-0.05, 0) is 30.3 Å². The molecule has 6 nitrogen and oxygen atoms in total. The predicted octanol–water partition coefficient (Wildman–Crippen LogP) is 1.32. The van der Waals surface area contributed by atoms with Crippen molar-refractivity contribution in [3.8, 4) is 0 Å². The number of nitrogen functional groups attached to an aromatic ring is 1. The van der Waals surface area contributed by atoms with Gasteiger partial charge in [-0.1, -0.05) is 6.07 Å². The Morgan fingerprint density at radius 2 is 2.00 bits per heavy atom. The molecule has 0 radical (unpaired) electrons. The molecule has 1 aromatic carbocycles. The Morgan fingerprint density at radius 1 is 1.25 bits per heavy atom. The van der Waals surface area contributed by atoms with Crippen LogP contribution in [0.4, 0.5) is 11.5 Å². The Hall–Kier alpha value is -2.41. The summed E-state index contributed by atoms with van der Waals surface area (Å²) in [7, 11) is -3.36. The molecule has 1 amide bonds. The molecule has 104 valence electrons. The monoisotopic (exact) mass is 291 g/mol. The number of aromatic nitrogens is 1. The fourth-order valence-corrected chi connectivity index (χ4v) is 2.24. The molecule has 0 aliphatic heterocycles. The van der Waals surface area contributed by atoms with Crippen LogP contribution >= 0.6 is 0 Å². The van der Waals surface area contributed by atoms with E-state index in [0.717, 1.165) is 6.26 Å². The van der Waals surface area contributed by atoms with Gasteiger partial charge in [-0.15, -0.1) is 0 Å². The van der Waals surface area contributed by atoms with E-state index in [2.05, 4.69) is 10.3 Å². The van der Waals surface area contributed by atoms with Crippen molar-refractivity contribution >= 4 is 27.2 Å². The van der Waals surface area contributed by atoms with Gasteiger partial charge in [-0.3, -0.25) is 4.79 Å². The van der Waals surface area contributed by atoms with Crippen molar-refractivity contribution < 1.29 is 13.2 Å². The van der Waals surface area contributed by atoms with E-state index in [1.165, 1.54) is 30.5 Å². The highest BCUT2D eigenvalue weighted by Crippen LogP contribution is 2.16. The van der Waals surface area contributed by atoms with Crippen LogP contribution < -0.4 is 11.1 Å². The standard InChI is InChI=1S/C13H13N3O3S/c1-20(18,19)10-5-2-4-9(8-10)13(17)16-12-11(14)6-3-7-15-12/h2-8H,14H2,1H3,(H,15,16,17). The lowest BCUT2D eigenvalue weighted by Crippen LogP contribution is -2.14. The Balaban J connectivity index is 2.29. The van der Waals surface area contributed by atoms with Crippen molar-refractivity contribution in [2.24, 2.45) is 0 Å². The SMILES string of the molecule is CS(=O)(=O)c1cccc(C(=O)Nc2ncccc2N)c1. The first-order valence-electron chi connectivity index (χ1n) is 5.70. The van der Waals surface area contributed by atoms with Crippen LogP contribution in [0.25, 0.3) is 0 Å². The van der Waals surface area contributed by atoms with Crippen LogP contribution in [0.2, 0.25) is 0 Å². The molecular weight excluding hydrogens is 278 g/mol. The van der Waals surface area contributed by atoms with Crippen molar-refractivity contribution in [1.29, 1.82) is 0 Å². The molecular formula is C13H13N3O3S. The number of carbonyl (C=O) groups is 1. The third-order valence-electron chi connectivity index (χ3n) is 2.60. The van der Waals surface area contributed by atoms with Gasteiger partial charge in [-0.2, -0.15) is 0 Å². The average Bonchev–Trinajstić information content (AvgIpc) is 2.40. The number of pyridine rings is 1. The molecule has 1 aromatic heterocycles. The quantitative estimate of drug-likeness (QED) is 0.888. The van der Waals surface area contributed by atoms with Crippen LogP contribution in [0.15, 0.2) is 47.5 Å². The number of sulfone groups is 1. The second-order valence-corrected chi connectivity index (χ2v) is 6.21. The predicted molar refractivity (Wildman–Crippen MR) is 76.2 cm³/mol. The van der Waals surface area contributed by atoms with Gasteiger partial charge >= 0.3 is 0 Å². The van der Waals surface area contributed by atoms with E-state index in [1.807, 2.05) is 0 Å². The summed E-state index contributed by atoms with van der Waals surface area (Å²) in [4.78, 5) is 16.1. The topological polar surface area (TPSA) is 102 Å². The maximum absolute atomic E-state index is 12.0. The summed E-state index contributed by atoms with van der Waals surface area (Å²) in [6.45, 7) is 0. The fourth-order valence-electron chi connectivity index (χ4n) is 1.57. The molecule has 3 N–H and O–H groups in total. The summed E-state index contributed by atoms with van der Waals surface area (Å²) in [6, 6.07) is 9.02. The smallest absolute Gasteiger partial charge is 0.256 e. The first kappa shape index (κ1) is 14.0. The number of carbonyl (C=O) groups excluding carboxylic acids is 1. The largest absolute Gasteiger partial charge is 0.396 e. The lowest BCUT2D eigenvalue weighted by Gasteiger charge is -2.07. The third-order valence-corrected chi connectivity index (χ3v) is 3.71. The third kappa shape index (κ3) is 3.12. The molecule has 0 unspecified atom stereocenters. The van der Waals surface area contributed by atoms with Crippen molar-refractivity contribution in [2.45, 2.75) is 4.90 Å². The van der Waals surface area contributed by atoms with Crippen molar-refractivity contribution in [3.63, 3.8) is 0 Å². The molecule has 20 heavy (non-hydrogen) atoms. The first-order valence-corrected chi connectivity index (χ1v) is 7.59. The highest BCUT2D eigenvalue weighted by Gasteiger charge is 2.12. The molecule has 0 spiro atoms. The van der Waals surface area contributed by atoms with E-state index in [1.54, 1.807) is 12.1 Å². The van der Waals surface area contributed by atoms with Crippen molar-refractivity contribution in [3.05, 3.63) is 48.2 Å². The number of anilines is 2. The minimum atomic E-state index is -3.36. The summed E-state index contributed by atoms with van der Waals surface area (Å²) in [5.74, 6) is -0.233. The van der Waals surface area contributed by atoms with Gasteiger partial charge in [0.05, 0.1) is 10.6 Å². The Morgan fingerprint density at radius 3 is 2.65 bits per heavy atom. The molecule has 0 bridgehead atoms. The summed E-state index contributed by atoms with van der Waals surface area (Å²) >= 11 is 0. The summed E-state index contributed by atoms with van der Waals surface area (Å²) in [5.41, 5.74) is 6.23. The Bertz CT molecular complexity index is 757. The minimum absolute atomic E-state index is 0.0825. The van der Waals surface area contributed by atoms with Crippen LogP contribution in [-0.2, 0) is 9.84 Å². The number of benzene rings is 1. The highest BCUT2D eigenvalue weighted by molar-refractivity contribution is 7.90. The summed E-state index contributed by atoms with van der Waals surface area (Å²) in [6.07, 6.45) is 2.58. The molecule has 0 aliphatic rings. The lowest BCUT2D eigenvalue weighted by atomic mass is 10.2. The van der Waals surface area contributed by atoms with E-state index in [-0.39, 0.29) is 16.3 Å². The Labute approximate surface area is 116 Å². The average molecular weight is 291 g/mol.